The van der Waals surface area contributed by atoms with Gasteiger partial charge in [-0.1, -0.05) is 0 Å². The molecule has 1 atom stereocenters. The van der Waals surface area contributed by atoms with Crippen molar-refractivity contribution in [2.75, 3.05) is 53.4 Å². The summed E-state index contributed by atoms with van der Waals surface area (Å²) < 4.78 is 5.05. The van der Waals surface area contributed by atoms with Gasteiger partial charge in [0.1, 0.15) is 5.54 Å². The van der Waals surface area contributed by atoms with Crippen molar-refractivity contribution in [3.05, 3.63) is 0 Å². The first-order chi connectivity index (χ1) is 8.19. The average molecular weight is 241 g/mol. The molecule has 2 aliphatic rings. The fourth-order valence-corrected chi connectivity index (χ4v) is 3.00. The minimum absolute atomic E-state index is 0.0660. The normalized spacial score (nSPS) is 32.4. The molecular weight excluding hydrogens is 218 g/mol. The highest BCUT2D eigenvalue weighted by Gasteiger charge is 2.49. The van der Waals surface area contributed by atoms with Crippen LogP contribution in [0.25, 0.3) is 0 Å². The predicted octanol–water partition coefficient (Wildman–Crippen LogP) is -0.471. The van der Waals surface area contributed by atoms with Gasteiger partial charge in [0.2, 0.25) is 0 Å². The number of ether oxygens (including phenoxy) is 1. The van der Waals surface area contributed by atoms with Crippen molar-refractivity contribution in [2.24, 2.45) is 0 Å². The first-order valence-corrected chi connectivity index (χ1v) is 6.42. The Morgan fingerprint density at radius 3 is 2.76 bits per heavy atom. The molecule has 17 heavy (non-hydrogen) atoms. The molecule has 2 fully saturated rings. The minimum Gasteiger partial charge on any atom is -0.468 e. The first kappa shape index (κ1) is 12.8. The maximum atomic E-state index is 12.2. The third-order valence-corrected chi connectivity index (χ3v) is 3.95. The molecule has 2 saturated heterocycles. The monoisotopic (exact) mass is 241 g/mol. The SMILES string of the molecule is COC(=O)C1(N2CCCNCC2)CCN(C)C1. The van der Waals surface area contributed by atoms with Gasteiger partial charge >= 0.3 is 5.97 Å². The summed E-state index contributed by atoms with van der Waals surface area (Å²) in [5.74, 6) is -0.0660. The van der Waals surface area contributed by atoms with Gasteiger partial charge in [0.25, 0.3) is 0 Å². The van der Waals surface area contributed by atoms with Gasteiger partial charge in [-0.2, -0.15) is 0 Å². The fourth-order valence-electron chi connectivity index (χ4n) is 3.00. The Morgan fingerprint density at radius 2 is 2.12 bits per heavy atom. The molecule has 0 saturated carbocycles. The summed E-state index contributed by atoms with van der Waals surface area (Å²) in [7, 11) is 3.57. The van der Waals surface area contributed by atoms with E-state index in [1.54, 1.807) is 0 Å². The Morgan fingerprint density at radius 1 is 1.29 bits per heavy atom. The molecule has 0 spiro atoms. The van der Waals surface area contributed by atoms with Gasteiger partial charge in [0.15, 0.2) is 0 Å². The van der Waals surface area contributed by atoms with Crippen LogP contribution in [-0.2, 0) is 9.53 Å². The maximum absolute atomic E-state index is 12.2. The summed E-state index contributed by atoms with van der Waals surface area (Å²) in [6.45, 7) is 5.68. The summed E-state index contributed by atoms with van der Waals surface area (Å²) in [5.41, 5.74) is -0.407. The van der Waals surface area contributed by atoms with E-state index >= 15 is 0 Å². The highest BCUT2D eigenvalue weighted by molar-refractivity contribution is 5.81. The molecule has 0 aromatic carbocycles. The number of carbonyl (C=O) groups excluding carboxylic acids is 1. The third kappa shape index (κ3) is 2.46. The van der Waals surface area contributed by atoms with Gasteiger partial charge in [-0.3, -0.25) is 4.90 Å². The molecule has 0 aromatic rings. The van der Waals surface area contributed by atoms with E-state index in [0.29, 0.717) is 0 Å². The summed E-state index contributed by atoms with van der Waals surface area (Å²) in [6, 6.07) is 0. The number of nitrogens with one attached hydrogen (secondary N) is 1. The quantitative estimate of drug-likeness (QED) is 0.662. The highest BCUT2D eigenvalue weighted by atomic mass is 16.5. The molecule has 0 aromatic heterocycles. The average Bonchev–Trinajstić information content (AvgIpc) is 2.57. The van der Waals surface area contributed by atoms with Crippen molar-refractivity contribution >= 4 is 5.97 Å². The second-order valence-electron chi connectivity index (χ2n) is 5.10. The predicted molar refractivity (Wildman–Crippen MR) is 65.9 cm³/mol. The zero-order valence-corrected chi connectivity index (χ0v) is 10.9. The van der Waals surface area contributed by atoms with Crippen molar-refractivity contribution in [1.29, 1.82) is 0 Å². The van der Waals surface area contributed by atoms with Gasteiger partial charge in [-0.05, 0) is 26.4 Å². The van der Waals surface area contributed by atoms with Crippen LogP contribution in [0, 0.1) is 0 Å². The Kier molecular flexibility index (Phi) is 4.01. The smallest absolute Gasteiger partial charge is 0.327 e. The molecule has 98 valence electrons. The minimum atomic E-state index is -0.407. The van der Waals surface area contributed by atoms with E-state index < -0.39 is 5.54 Å². The van der Waals surface area contributed by atoms with Crippen LogP contribution in [0.2, 0.25) is 0 Å². The molecule has 2 rings (SSSR count). The second kappa shape index (κ2) is 5.33. The van der Waals surface area contributed by atoms with Crippen molar-refractivity contribution in [1.82, 2.24) is 15.1 Å². The number of likely N-dealkylation sites (tertiary alicyclic amines) is 1. The lowest BCUT2D eigenvalue weighted by Crippen LogP contribution is -2.57. The van der Waals surface area contributed by atoms with E-state index in [9.17, 15) is 4.79 Å². The third-order valence-electron chi connectivity index (χ3n) is 3.95. The van der Waals surface area contributed by atoms with Crippen LogP contribution in [0.5, 0.6) is 0 Å². The molecule has 0 radical (unpaired) electrons. The van der Waals surface area contributed by atoms with Crippen LogP contribution < -0.4 is 5.32 Å². The van der Waals surface area contributed by atoms with Crippen molar-refractivity contribution in [3.63, 3.8) is 0 Å². The Balaban J connectivity index is 2.17. The molecular formula is C12H23N3O2. The van der Waals surface area contributed by atoms with Gasteiger partial charge in [-0.15, -0.1) is 0 Å². The molecule has 2 aliphatic heterocycles. The fraction of sp³-hybridized carbons (Fsp3) is 0.917. The van der Waals surface area contributed by atoms with Gasteiger partial charge in [0, 0.05) is 32.7 Å². The Bertz CT molecular complexity index is 277. The molecule has 5 heteroatoms. The van der Waals surface area contributed by atoms with Crippen molar-refractivity contribution in [3.8, 4) is 0 Å². The molecule has 1 N–H and O–H groups in total. The summed E-state index contributed by atoms with van der Waals surface area (Å²) >= 11 is 0. The first-order valence-electron chi connectivity index (χ1n) is 6.42. The van der Waals surface area contributed by atoms with Crippen LogP contribution in [0.1, 0.15) is 12.8 Å². The van der Waals surface area contributed by atoms with Crippen LogP contribution in [0.4, 0.5) is 0 Å². The number of likely N-dealkylation sites (N-methyl/N-ethyl adjacent to an activating group) is 1. The molecule has 0 bridgehead atoms. The van der Waals surface area contributed by atoms with E-state index in [1.807, 2.05) is 0 Å². The molecule has 1 unspecified atom stereocenters. The zero-order valence-electron chi connectivity index (χ0n) is 10.9. The maximum Gasteiger partial charge on any atom is 0.327 e. The number of carbonyl (C=O) groups is 1. The number of nitrogens with zero attached hydrogens (tertiary/aromatic N) is 2. The van der Waals surface area contributed by atoms with Crippen LogP contribution in [-0.4, -0.2) is 74.7 Å². The summed E-state index contributed by atoms with van der Waals surface area (Å²) in [4.78, 5) is 16.7. The number of hydrogen-bond acceptors (Lipinski definition) is 5. The number of rotatable bonds is 2. The molecule has 0 aliphatic carbocycles. The Hall–Kier alpha value is -0.650. The van der Waals surface area contributed by atoms with Crippen LogP contribution in [0.15, 0.2) is 0 Å². The lowest BCUT2D eigenvalue weighted by atomic mass is 9.95. The lowest BCUT2D eigenvalue weighted by molar-refractivity contribution is -0.154. The van der Waals surface area contributed by atoms with E-state index in [2.05, 4.69) is 22.2 Å². The van der Waals surface area contributed by atoms with E-state index in [4.69, 9.17) is 4.74 Å². The number of hydrogen-bond donors (Lipinski definition) is 1. The van der Waals surface area contributed by atoms with Crippen molar-refractivity contribution in [2.45, 2.75) is 18.4 Å². The molecule has 0 amide bonds. The second-order valence-corrected chi connectivity index (χ2v) is 5.10. The topological polar surface area (TPSA) is 44.8 Å². The lowest BCUT2D eigenvalue weighted by Gasteiger charge is -2.37. The highest BCUT2D eigenvalue weighted by Crippen LogP contribution is 2.29. The van der Waals surface area contributed by atoms with Crippen LogP contribution in [0.3, 0.4) is 0 Å². The van der Waals surface area contributed by atoms with Crippen molar-refractivity contribution < 1.29 is 9.53 Å². The number of methoxy groups -OCH3 is 1. The molecule has 2 heterocycles. The zero-order chi connectivity index (χ0) is 12.3. The van der Waals surface area contributed by atoms with E-state index in [1.165, 1.54) is 7.11 Å². The van der Waals surface area contributed by atoms with Crippen LogP contribution >= 0.6 is 0 Å². The molecule has 5 nitrogen and oxygen atoms in total. The Labute approximate surface area is 103 Å². The largest absolute Gasteiger partial charge is 0.468 e. The number of esters is 1. The summed E-state index contributed by atoms with van der Waals surface area (Å²) in [6.07, 6.45) is 1.98. The van der Waals surface area contributed by atoms with Gasteiger partial charge in [-0.25, -0.2) is 4.79 Å². The summed E-state index contributed by atoms with van der Waals surface area (Å²) in [5, 5.41) is 3.38. The van der Waals surface area contributed by atoms with E-state index in [0.717, 1.165) is 52.1 Å². The van der Waals surface area contributed by atoms with Gasteiger partial charge in [0.05, 0.1) is 7.11 Å². The van der Waals surface area contributed by atoms with E-state index in [-0.39, 0.29) is 5.97 Å². The van der Waals surface area contributed by atoms with Gasteiger partial charge < -0.3 is 15.0 Å². The standard InChI is InChI=1S/C12H23N3O2/c1-14-8-4-12(10-14,11(16)17-2)15-7-3-5-13-6-9-15/h13H,3-10H2,1-2H3.